The van der Waals surface area contributed by atoms with E-state index in [0.717, 1.165) is 6.33 Å². The molecule has 12 heteroatoms. The second-order valence-electron chi connectivity index (χ2n) is 7.23. The lowest BCUT2D eigenvalue weighted by atomic mass is 9.86. The number of thiazole rings is 1. The molecule has 3 aromatic rings. The lowest BCUT2D eigenvalue weighted by Gasteiger charge is -2.16. The van der Waals surface area contributed by atoms with Gasteiger partial charge in [0.25, 0.3) is 5.91 Å². The van der Waals surface area contributed by atoms with Crippen LogP contribution in [-0.4, -0.2) is 35.1 Å². The molecule has 0 fully saturated rings. The number of nitrogens with one attached hydrogen (secondary N) is 1. The van der Waals surface area contributed by atoms with E-state index in [-0.39, 0.29) is 32.9 Å². The second-order valence-corrected chi connectivity index (χ2v) is 8.23. The van der Waals surface area contributed by atoms with Gasteiger partial charge in [0.05, 0.1) is 30.6 Å². The van der Waals surface area contributed by atoms with Crippen LogP contribution >= 0.6 is 11.3 Å². The predicted octanol–water partition coefficient (Wildman–Crippen LogP) is 4.69. The van der Waals surface area contributed by atoms with Crippen LogP contribution in [0.15, 0.2) is 30.6 Å². The van der Waals surface area contributed by atoms with Gasteiger partial charge < -0.3 is 9.47 Å². The van der Waals surface area contributed by atoms with Crippen molar-refractivity contribution in [3.05, 3.63) is 47.4 Å². The molecule has 2 heterocycles. The van der Waals surface area contributed by atoms with Crippen molar-refractivity contribution in [2.24, 2.45) is 0 Å². The Hall–Kier alpha value is -3.72. The van der Waals surface area contributed by atoms with Gasteiger partial charge in [-0.15, -0.1) is 0 Å². The molecule has 1 N–H and O–H groups in total. The average molecular weight is 477 g/mol. The lowest BCUT2D eigenvalue weighted by Crippen LogP contribution is -2.16. The Balaban J connectivity index is 2.01. The van der Waals surface area contributed by atoms with Crippen LogP contribution in [0.5, 0.6) is 11.8 Å². The number of rotatable bonds is 6. The fraction of sp³-hybridized carbons (Fsp3) is 0.286. The van der Waals surface area contributed by atoms with Gasteiger partial charge in [0.15, 0.2) is 16.4 Å². The van der Waals surface area contributed by atoms with Gasteiger partial charge in [-0.2, -0.15) is 18.4 Å². The summed E-state index contributed by atoms with van der Waals surface area (Å²) in [5, 5.41) is 11.3. The number of hydrogen-bond donors (Lipinski definition) is 1. The van der Waals surface area contributed by atoms with Gasteiger partial charge >= 0.3 is 6.18 Å². The summed E-state index contributed by atoms with van der Waals surface area (Å²) in [6.45, 7) is 3.42. The SMILES string of the molecule is COc1ncnc(OC)c1C(=O)Nc1nc(C(F)(F)F)c(-c2ccc(C(C)(C)C#N)cc2)s1. The summed E-state index contributed by atoms with van der Waals surface area (Å²) in [6, 6.07) is 8.30. The summed E-state index contributed by atoms with van der Waals surface area (Å²) in [4.78, 5) is 23.8. The minimum Gasteiger partial charge on any atom is -0.480 e. The van der Waals surface area contributed by atoms with Crippen LogP contribution in [0.3, 0.4) is 0 Å². The smallest absolute Gasteiger partial charge is 0.434 e. The highest BCUT2D eigenvalue weighted by Crippen LogP contribution is 2.42. The van der Waals surface area contributed by atoms with E-state index in [1.54, 1.807) is 26.0 Å². The van der Waals surface area contributed by atoms with Crippen molar-refractivity contribution in [2.45, 2.75) is 25.4 Å². The zero-order chi connectivity index (χ0) is 24.4. The quantitative estimate of drug-likeness (QED) is 0.548. The number of ether oxygens (including phenoxy) is 2. The van der Waals surface area contributed by atoms with E-state index in [2.05, 4.69) is 26.3 Å². The molecule has 0 atom stereocenters. The highest BCUT2D eigenvalue weighted by molar-refractivity contribution is 7.19. The van der Waals surface area contributed by atoms with Gasteiger partial charge in [0.1, 0.15) is 6.33 Å². The fourth-order valence-corrected chi connectivity index (χ4v) is 3.87. The van der Waals surface area contributed by atoms with E-state index < -0.39 is 23.2 Å². The highest BCUT2D eigenvalue weighted by atomic mass is 32.1. The molecule has 1 amide bonds. The van der Waals surface area contributed by atoms with Crippen molar-refractivity contribution < 1.29 is 27.4 Å². The van der Waals surface area contributed by atoms with E-state index >= 15 is 0 Å². The number of aromatic nitrogens is 3. The average Bonchev–Trinajstić information content (AvgIpc) is 3.22. The zero-order valence-electron chi connectivity index (χ0n) is 17.9. The van der Waals surface area contributed by atoms with E-state index in [1.807, 2.05) is 0 Å². The zero-order valence-corrected chi connectivity index (χ0v) is 18.8. The van der Waals surface area contributed by atoms with Crippen LogP contribution < -0.4 is 14.8 Å². The third-order valence-corrected chi connectivity index (χ3v) is 5.68. The number of anilines is 1. The summed E-state index contributed by atoms with van der Waals surface area (Å²) in [5.74, 6) is -1.06. The minimum atomic E-state index is -4.76. The van der Waals surface area contributed by atoms with Gasteiger partial charge in [-0.1, -0.05) is 35.6 Å². The molecule has 33 heavy (non-hydrogen) atoms. The molecule has 0 saturated carbocycles. The fourth-order valence-electron chi connectivity index (χ4n) is 2.88. The Bertz CT molecular complexity index is 1200. The Kier molecular flexibility index (Phi) is 6.55. The summed E-state index contributed by atoms with van der Waals surface area (Å²) < 4.78 is 51.2. The Morgan fingerprint density at radius 2 is 1.67 bits per heavy atom. The van der Waals surface area contributed by atoms with Crippen molar-refractivity contribution in [2.75, 3.05) is 19.5 Å². The van der Waals surface area contributed by atoms with E-state index in [0.29, 0.717) is 16.9 Å². The molecule has 1 aromatic carbocycles. The molecule has 0 aliphatic carbocycles. The van der Waals surface area contributed by atoms with Gasteiger partial charge in [-0.25, -0.2) is 15.0 Å². The standard InChI is InChI=1S/C21H18F3N5O3S/c1-20(2,9-25)12-7-5-11(6-8-12)14-15(21(22,23)24)28-19(33-14)29-16(30)13-17(31-3)26-10-27-18(13)32-4/h5-8,10H,1-4H3,(H,28,29,30). The van der Waals surface area contributed by atoms with Crippen molar-refractivity contribution >= 4 is 22.4 Å². The number of amides is 1. The molecule has 3 rings (SSSR count). The minimum absolute atomic E-state index is 0.108. The van der Waals surface area contributed by atoms with E-state index in [9.17, 15) is 23.2 Å². The molecular weight excluding hydrogens is 459 g/mol. The predicted molar refractivity (Wildman–Crippen MR) is 114 cm³/mol. The van der Waals surface area contributed by atoms with Gasteiger partial charge in [0.2, 0.25) is 11.8 Å². The number of alkyl halides is 3. The molecule has 0 unspecified atom stereocenters. The molecule has 2 aromatic heterocycles. The first kappa shape index (κ1) is 23.9. The normalized spacial score (nSPS) is 11.6. The number of benzene rings is 1. The van der Waals surface area contributed by atoms with Crippen molar-refractivity contribution in [3.8, 4) is 28.3 Å². The molecule has 0 bridgehead atoms. The lowest BCUT2D eigenvalue weighted by molar-refractivity contribution is -0.140. The van der Waals surface area contributed by atoms with Crippen LogP contribution in [0.1, 0.15) is 35.5 Å². The maximum Gasteiger partial charge on any atom is 0.434 e. The third kappa shape index (κ3) is 4.88. The monoisotopic (exact) mass is 477 g/mol. The molecule has 0 spiro atoms. The number of hydrogen-bond acceptors (Lipinski definition) is 8. The summed E-state index contributed by atoms with van der Waals surface area (Å²) >= 11 is 0.658. The van der Waals surface area contributed by atoms with Crippen molar-refractivity contribution in [1.82, 2.24) is 15.0 Å². The van der Waals surface area contributed by atoms with Crippen LogP contribution in [0, 0.1) is 11.3 Å². The van der Waals surface area contributed by atoms with Crippen molar-refractivity contribution in [1.29, 1.82) is 5.26 Å². The van der Waals surface area contributed by atoms with Crippen LogP contribution in [0.25, 0.3) is 10.4 Å². The van der Waals surface area contributed by atoms with Crippen LogP contribution in [0.2, 0.25) is 0 Å². The number of nitrogens with zero attached hydrogens (tertiary/aromatic N) is 4. The van der Waals surface area contributed by atoms with Crippen molar-refractivity contribution in [3.63, 3.8) is 0 Å². The van der Waals surface area contributed by atoms with Gasteiger partial charge in [0, 0.05) is 0 Å². The van der Waals surface area contributed by atoms with E-state index in [1.165, 1.54) is 26.4 Å². The Labute approximate surface area is 191 Å². The number of nitriles is 1. The van der Waals surface area contributed by atoms with Crippen LogP contribution in [0.4, 0.5) is 18.3 Å². The maximum atomic E-state index is 13.7. The molecular formula is C21H18F3N5O3S. The third-order valence-electron chi connectivity index (χ3n) is 4.66. The summed E-state index contributed by atoms with van der Waals surface area (Å²) in [5.41, 5.74) is -1.22. The van der Waals surface area contributed by atoms with Gasteiger partial charge in [-0.3, -0.25) is 10.1 Å². The molecule has 172 valence electrons. The number of halogens is 3. The van der Waals surface area contributed by atoms with E-state index in [4.69, 9.17) is 9.47 Å². The summed E-state index contributed by atoms with van der Waals surface area (Å²) in [7, 11) is 2.55. The molecule has 0 radical (unpaired) electrons. The van der Waals surface area contributed by atoms with Gasteiger partial charge in [-0.05, 0) is 25.0 Å². The highest BCUT2D eigenvalue weighted by Gasteiger charge is 2.38. The molecule has 0 aliphatic rings. The first-order chi connectivity index (χ1) is 15.5. The molecule has 0 aliphatic heterocycles. The number of methoxy groups -OCH3 is 2. The first-order valence-electron chi connectivity index (χ1n) is 9.36. The topological polar surface area (TPSA) is 110 Å². The second kappa shape index (κ2) is 9.03. The molecule has 8 nitrogen and oxygen atoms in total. The first-order valence-corrected chi connectivity index (χ1v) is 10.2. The molecule has 0 saturated heterocycles. The number of carbonyl (C=O) groups excluding carboxylic acids is 1. The number of carbonyl (C=O) groups is 1. The maximum absolute atomic E-state index is 13.7. The van der Waals surface area contributed by atoms with Crippen LogP contribution in [-0.2, 0) is 11.6 Å². The Morgan fingerprint density at radius 1 is 1.09 bits per heavy atom. The summed E-state index contributed by atoms with van der Waals surface area (Å²) in [6.07, 6.45) is -3.64. The largest absolute Gasteiger partial charge is 0.480 e. The Morgan fingerprint density at radius 3 is 2.15 bits per heavy atom.